The number of nitrogens with zero attached hydrogens (tertiary/aromatic N) is 7. The Bertz CT molecular complexity index is 1500. The fourth-order valence-electron chi connectivity index (χ4n) is 6.24. The fourth-order valence-corrected chi connectivity index (χ4v) is 11.5. The zero-order valence-corrected chi connectivity index (χ0v) is 26.4. The second kappa shape index (κ2) is 12.0. The van der Waals surface area contributed by atoms with Gasteiger partial charge >= 0.3 is 0 Å². The molecule has 0 radical (unpaired) electrons. The van der Waals surface area contributed by atoms with E-state index >= 15 is 0 Å². The summed E-state index contributed by atoms with van der Waals surface area (Å²) in [5.74, 6) is 4.86. The lowest BCUT2D eigenvalue weighted by Gasteiger charge is -2.38. The van der Waals surface area contributed by atoms with E-state index < -0.39 is 8.07 Å². The summed E-state index contributed by atoms with van der Waals surface area (Å²) < 4.78 is 1.90. The van der Waals surface area contributed by atoms with Crippen molar-refractivity contribution >= 4 is 36.4 Å². The zero-order valence-electron chi connectivity index (χ0n) is 25.4. The van der Waals surface area contributed by atoms with Crippen LogP contribution in [-0.4, -0.2) is 70.7 Å². The second-order valence-corrected chi connectivity index (χ2v) is 17.6. The predicted molar refractivity (Wildman–Crippen MR) is 172 cm³/mol. The van der Waals surface area contributed by atoms with E-state index in [4.69, 9.17) is 9.97 Å². The molecule has 0 aliphatic carbocycles. The molecule has 1 saturated heterocycles. The quantitative estimate of drug-likeness (QED) is 0.209. The molecule has 9 heteroatoms. The van der Waals surface area contributed by atoms with Crippen LogP contribution in [0, 0.1) is 11.5 Å². The first-order valence-corrected chi connectivity index (χ1v) is 16.9. The molecule has 1 aromatic carbocycles. The van der Waals surface area contributed by atoms with Gasteiger partial charge in [0.15, 0.2) is 5.65 Å². The van der Waals surface area contributed by atoms with E-state index in [0.717, 1.165) is 48.6 Å². The average molecular weight is 567 g/mol. The third-order valence-corrected chi connectivity index (χ3v) is 14.9. The van der Waals surface area contributed by atoms with Crippen molar-refractivity contribution in [3.63, 3.8) is 0 Å². The Morgan fingerprint density at radius 2 is 1.59 bits per heavy atom. The molecule has 214 valence electrons. The molecule has 41 heavy (non-hydrogen) atoms. The van der Waals surface area contributed by atoms with Crippen LogP contribution in [0.5, 0.6) is 0 Å². The normalized spacial score (nSPS) is 14.6. The molecule has 5 rings (SSSR count). The lowest BCUT2D eigenvalue weighted by molar-refractivity contribution is 0.313. The van der Waals surface area contributed by atoms with Crippen LogP contribution < -0.4 is 10.2 Å². The van der Waals surface area contributed by atoms with Crippen molar-refractivity contribution in [1.29, 1.82) is 0 Å². The maximum Gasteiger partial charge on any atom is 0.229 e. The van der Waals surface area contributed by atoms with E-state index in [1.165, 1.54) is 5.69 Å². The van der Waals surface area contributed by atoms with Gasteiger partial charge in [-0.2, -0.15) is 4.98 Å². The van der Waals surface area contributed by atoms with E-state index in [1.807, 2.05) is 23.0 Å². The Kier molecular flexibility index (Phi) is 8.43. The number of benzene rings is 1. The van der Waals surface area contributed by atoms with E-state index in [0.29, 0.717) is 28.2 Å². The molecule has 0 atom stereocenters. The highest BCUT2D eigenvalue weighted by Gasteiger charge is 2.41. The summed E-state index contributed by atoms with van der Waals surface area (Å²) in [4.78, 5) is 23.4. The molecule has 1 aliphatic rings. The average Bonchev–Trinajstić information content (AvgIpc) is 3.49. The Morgan fingerprint density at radius 3 is 2.20 bits per heavy atom. The van der Waals surface area contributed by atoms with Gasteiger partial charge in [0.25, 0.3) is 0 Å². The third-order valence-electron chi connectivity index (χ3n) is 8.59. The molecule has 0 bridgehead atoms. The molecular weight excluding hydrogens is 524 g/mol. The minimum atomic E-state index is -1.92. The number of pyridine rings is 1. The molecule has 1 aliphatic heterocycles. The Morgan fingerprint density at radius 1 is 0.902 bits per heavy atom. The molecule has 4 aromatic rings. The number of hydrogen-bond acceptors (Lipinski definition) is 7. The van der Waals surface area contributed by atoms with Crippen LogP contribution in [0.2, 0.25) is 16.6 Å². The summed E-state index contributed by atoms with van der Waals surface area (Å²) in [5, 5.41) is 4.23. The van der Waals surface area contributed by atoms with Crippen LogP contribution in [0.1, 0.15) is 47.1 Å². The van der Waals surface area contributed by atoms with Crippen LogP contribution >= 0.6 is 0 Å². The molecule has 0 amide bonds. The van der Waals surface area contributed by atoms with Crippen LogP contribution in [0.3, 0.4) is 0 Å². The van der Waals surface area contributed by atoms with E-state index in [-0.39, 0.29) is 0 Å². The van der Waals surface area contributed by atoms with Crippen LogP contribution in [0.15, 0.2) is 55.2 Å². The maximum absolute atomic E-state index is 4.88. The first-order chi connectivity index (χ1) is 19.7. The van der Waals surface area contributed by atoms with Gasteiger partial charge in [-0.25, -0.2) is 15.0 Å². The van der Waals surface area contributed by atoms with Crippen LogP contribution in [0.25, 0.3) is 16.9 Å². The van der Waals surface area contributed by atoms with Crippen molar-refractivity contribution in [2.75, 3.05) is 43.4 Å². The maximum atomic E-state index is 4.88. The highest BCUT2D eigenvalue weighted by atomic mass is 28.3. The van der Waals surface area contributed by atoms with Crippen molar-refractivity contribution in [2.24, 2.45) is 0 Å². The molecule has 0 unspecified atom stereocenters. The summed E-state index contributed by atoms with van der Waals surface area (Å²) in [7, 11) is 0.251. The summed E-state index contributed by atoms with van der Waals surface area (Å²) in [6.07, 6.45) is 7.25. The standard InChI is InChI=1S/C32H42N8Si/c1-23(2)41(24(3)4,25(5)6)19-12-26-20-30(40-14-13-33-22-40)36-31-29(26)21-34-32(37-31)35-27-8-10-28(11-9-27)39-17-15-38(7)16-18-39/h8-11,13-14,20-25H,15-18H2,1-7H3,(H,34,35,36,37). The van der Waals surface area contributed by atoms with Crippen molar-refractivity contribution in [2.45, 2.75) is 58.2 Å². The van der Waals surface area contributed by atoms with E-state index in [1.54, 1.807) is 12.5 Å². The van der Waals surface area contributed by atoms with Crippen molar-refractivity contribution < 1.29 is 0 Å². The van der Waals surface area contributed by atoms with Gasteiger partial charge in [-0.05, 0) is 54.0 Å². The summed E-state index contributed by atoms with van der Waals surface area (Å²) >= 11 is 0. The number of piperazine rings is 1. The van der Waals surface area contributed by atoms with Gasteiger partial charge < -0.3 is 15.1 Å². The van der Waals surface area contributed by atoms with Crippen LogP contribution in [0.4, 0.5) is 17.3 Å². The van der Waals surface area contributed by atoms with Gasteiger partial charge in [0.05, 0.1) is 5.39 Å². The number of aromatic nitrogens is 5. The van der Waals surface area contributed by atoms with E-state index in [9.17, 15) is 0 Å². The first kappa shape index (κ1) is 28.8. The molecule has 1 fully saturated rings. The lowest BCUT2D eigenvalue weighted by atomic mass is 10.2. The molecule has 8 nitrogen and oxygen atoms in total. The largest absolute Gasteiger partial charge is 0.369 e. The van der Waals surface area contributed by atoms with Gasteiger partial charge in [0, 0.05) is 61.7 Å². The highest BCUT2D eigenvalue weighted by Crippen LogP contribution is 2.41. The van der Waals surface area contributed by atoms with Gasteiger partial charge in [-0.3, -0.25) is 4.57 Å². The number of imidazole rings is 1. The Balaban J connectivity index is 1.49. The molecular formula is C32H42N8Si. The van der Waals surface area contributed by atoms with E-state index in [2.05, 4.69) is 109 Å². The SMILES string of the molecule is CC(C)[Si](C#Cc1cc(-n2ccnc2)nc2nc(Nc3ccc(N4CCN(C)CC4)cc3)ncc12)(C(C)C)C(C)C. The number of likely N-dealkylation sites (N-methyl/N-ethyl adjacent to an activating group) is 1. The summed E-state index contributed by atoms with van der Waals surface area (Å²) in [6.45, 7) is 18.3. The number of nitrogens with one attached hydrogen (secondary N) is 1. The molecule has 0 saturated carbocycles. The predicted octanol–water partition coefficient (Wildman–Crippen LogP) is 6.28. The number of fused-ring (bicyclic) bond motifs is 1. The molecule has 4 heterocycles. The van der Waals surface area contributed by atoms with Gasteiger partial charge in [0.1, 0.15) is 20.2 Å². The van der Waals surface area contributed by atoms with Gasteiger partial charge in [-0.15, -0.1) is 5.54 Å². The minimum absolute atomic E-state index is 0.509. The fraction of sp³-hybridized carbons (Fsp3) is 0.438. The minimum Gasteiger partial charge on any atom is -0.369 e. The molecule has 0 spiro atoms. The van der Waals surface area contributed by atoms with Crippen molar-refractivity contribution in [3.05, 3.63) is 60.8 Å². The summed E-state index contributed by atoms with van der Waals surface area (Å²) in [5.41, 5.74) is 9.19. The van der Waals surface area contributed by atoms with Gasteiger partial charge in [0.2, 0.25) is 5.95 Å². The zero-order chi connectivity index (χ0) is 29.1. The van der Waals surface area contributed by atoms with Gasteiger partial charge in [-0.1, -0.05) is 47.5 Å². The Hall–Kier alpha value is -3.74. The highest BCUT2D eigenvalue weighted by molar-refractivity contribution is 6.90. The van der Waals surface area contributed by atoms with Crippen LogP contribution in [-0.2, 0) is 0 Å². The monoisotopic (exact) mass is 566 g/mol. The Labute approximate surface area is 245 Å². The number of anilines is 3. The third kappa shape index (κ3) is 5.99. The molecule has 1 N–H and O–H groups in total. The smallest absolute Gasteiger partial charge is 0.229 e. The first-order valence-electron chi connectivity index (χ1n) is 14.7. The second-order valence-electron chi connectivity index (χ2n) is 12.0. The summed E-state index contributed by atoms with van der Waals surface area (Å²) in [6, 6.07) is 10.5. The van der Waals surface area contributed by atoms with Crippen molar-refractivity contribution in [3.8, 4) is 17.3 Å². The number of hydrogen-bond donors (Lipinski definition) is 1. The topological polar surface area (TPSA) is 75.0 Å². The molecule has 3 aromatic heterocycles. The lowest BCUT2D eigenvalue weighted by Crippen LogP contribution is -2.44. The number of rotatable bonds is 7. The van der Waals surface area contributed by atoms with Crippen molar-refractivity contribution in [1.82, 2.24) is 29.4 Å².